The second-order valence-corrected chi connectivity index (χ2v) is 9.70. The molecule has 36 heavy (non-hydrogen) atoms. The molecule has 9 heteroatoms. The van der Waals surface area contributed by atoms with Crippen LogP contribution < -0.4 is 9.62 Å². The fourth-order valence-electron chi connectivity index (χ4n) is 3.72. The zero-order valence-corrected chi connectivity index (χ0v) is 23.0. The Labute approximate surface area is 218 Å². The van der Waals surface area contributed by atoms with E-state index in [9.17, 15) is 13.2 Å². The smallest absolute Gasteiger partial charge is 0.411 e. The van der Waals surface area contributed by atoms with E-state index in [4.69, 9.17) is 4.98 Å². The number of likely N-dealkylation sites (N-methyl/N-ethyl adjacent to an activating group) is 2. The molecule has 0 aromatic carbocycles. The second kappa shape index (κ2) is 14.4. The molecule has 5 nitrogen and oxygen atoms in total. The molecule has 1 aromatic heterocycles. The standard InChI is InChI=1S/C25H33F3N4OS.C2H6/c1-18-17-24(32(4)16-15-31(2)3)29-23-14-12-19(11-13-22(18)23)30-34-21-9-5-7-20(8-6-10-21)33-25(26,27)28;1-2/h7,9,11-12,14,17,30H,5-6,8,10,13,15-16H2,1-4H3;1-2H3/b20-7+,21-9+;. The van der Waals surface area contributed by atoms with Gasteiger partial charge >= 0.3 is 6.36 Å². The molecule has 200 valence electrons. The first-order valence-electron chi connectivity index (χ1n) is 12.4. The van der Waals surface area contributed by atoms with Crippen LogP contribution in [0.4, 0.5) is 19.0 Å². The van der Waals surface area contributed by atoms with E-state index in [1.54, 1.807) is 0 Å². The van der Waals surface area contributed by atoms with Gasteiger partial charge in [0.2, 0.25) is 0 Å². The minimum Gasteiger partial charge on any atom is -0.411 e. The predicted molar refractivity (Wildman–Crippen MR) is 145 cm³/mol. The fraction of sp³-hybridized carbons (Fsp3) is 0.519. The van der Waals surface area contributed by atoms with E-state index in [-0.39, 0.29) is 12.2 Å². The topological polar surface area (TPSA) is 40.6 Å². The highest BCUT2D eigenvalue weighted by Crippen LogP contribution is 2.30. The van der Waals surface area contributed by atoms with E-state index < -0.39 is 6.36 Å². The molecule has 0 saturated carbocycles. The maximum absolute atomic E-state index is 12.4. The number of aryl methyl sites for hydroxylation is 1. The van der Waals surface area contributed by atoms with Crippen LogP contribution in [0.5, 0.6) is 0 Å². The number of alkyl halides is 3. The average Bonchev–Trinajstić information content (AvgIpc) is 3.01. The summed E-state index contributed by atoms with van der Waals surface area (Å²) in [7, 11) is 6.19. The average molecular weight is 525 g/mol. The van der Waals surface area contributed by atoms with Gasteiger partial charge < -0.3 is 19.3 Å². The number of fused-ring (bicyclic) bond motifs is 1. The third-order valence-corrected chi connectivity index (χ3v) is 6.64. The number of halogens is 3. The summed E-state index contributed by atoms with van der Waals surface area (Å²) in [6, 6.07) is 2.15. The first-order valence-corrected chi connectivity index (χ1v) is 13.2. The largest absolute Gasteiger partial charge is 0.572 e. The Kier molecular flexibility index (Phi) is 11.9. The lowest BCUT2D eigenvalue weighted by Gasteiger charge is -2.22. The predicted octanol–water partition coefficient (Wildman–Crippen LogP) is 6.98. The SMILES string of the molecule is CC.Cc1cc(N(C)CCN(C)C)nc2c1CC=C(NS/C1=C/C/C=C(/OC(F)(F)F)CCC1)C=C2. The maximum atomic E-state index is 12.4. The summed E-state index contributed by atoms with van der Waals surface area (Å²) in [6.45, 7) is 7.99. The zero-order chi connectivity index (χ0) is 26.7. The third-order valence-electron chi connectivity index (χ3n) is 5.67. The summed E-state index contributed by atoms with van der Waals surface area (Å²) in [4.78, 5) is 10.3. The lowest BCUT2D eigenvalue weighted by atomic mass is 10.0. The minimum atomic E-state index is -4.63. The van der Waals surface area contributed by atoms with E-state index >= 15 is 0 Å². The number of rotatable bonds is 8. The van der Waals surface area contributed by atoms with Crippen molar-refractivity contribution in [3.8, 4) is 0 Å². The van der Waals surface area contributed by atoms with Crippen LogP contribution in [0.1, 0.15) is 56.4 Å². The van der Waals surface area contributed by atoms with Crippen LogP contribution >= 0.6 is 11.9 Å². The zero-order valence-electron chi connectivity index (χ0n) is 22.2. The van der Waals surface area contributed by atoms with E-state index in [1.165, 1.54) is 29.2 Å². The van der Waals surface area contributed by atoms with Crippen LogP contribution in [-0.2, 0) is 11.2 Å². The Hall–Kier alpha value is -2.39. The van der Waals surface area contributed by atoms with Gasteiger partial charge in [0.25, 0.3) is 0 Å². The summed E-state index contributed by atoms with van der Waals surface area (Å²) in [5, 5.41) is 0. The van der Waals surface area contributed by atoms with Crippen LogP contribution in [0.2, 0.25) is 0 Å². The summed E-state index contributed by atoms with van der Waals surface area (Å²) in [6.07, 6.45) is 7.87. The fourth-order valence-corrected chi connectivity index (χ4v) is 4.54. The van der Waals surface area contributed by atoms with Gasteiger partial charge in [0.05, 0.1) is 5.69 Å². The highest BCUT2D eigenvalue weighted by atomic mass is 32.2. The number of ether oxygens (including phenoxy) is 1. The van der Waals surface area contributed by atoms with Crippen molar-refractivity contribution in [2.45, 2.75) is 59.2 Å². The number of hydrogen-bond donors (Lipinski definition) is 1. The molecule has 3 rings (SSSR count). The number of aromatic nitrogens is 1. The number of allylic oxidation sites excluding steroid dienone is 6. The lowest BCUT2D eigenvalue weighted by Crippen LogP contribution is -2.29. The Balaban J connectivity index is 0.00000222. The van der Waals surface area contributed by atoms with E-state index in [1.807, 2.05) is 32.1 Å². The van der Waals surface area contributed by atoms with E-state index in [0.717, 1.165) is 41.6 Å². The van der Waals surface area contributed by atoms with Crippen LogP contribution in [0.25, 0.3) is 6.08 Å². The molecule has 0 aliphatic heterocycles. The summed E-state index contributed by atoms with van der Waals surface area (Å²) in [5.74, 6) is 0.970. The van der Waals surface area contributed by atoms with Gasteiger partial charge in [-0.3, -0.25) is 0 Å². The van der Waals surface area contributed by atoms with Gasteiger partial charge in [0.15, 0.2) is 0 Å². The van der Waals surface area contributed by atoms with Crippen molar-refractivity contribution in [2.24, 2.45) is 0 Å². The first kappa shape index (κ1) is 29.8. The van der Waals surface area contributed by atoms with Gasteiger partial charge in [-0.05, 0) is 94.1 Å². The van der Waals surface area contributed by atoms with Crippen molar-refractivity contribution in [2.75, 3.05) is 39.1 Å². The van der Waals surface area contributed by atoms with Gasteiger partial charge in [-0.1, -0.05) is 26.0 Å². The number of hydrogen-bond acceptors (Lipinski definition) is 6. The molecular weight excluding hydrogens is 485 g/mol. The Morgan fingerprint density at radius 3 is 2.50 bits per heavy atom. The molecule has 0 amide bonds. The number of nitrogens with zero attached hydrogens (tertiary/aromatic N) is 3. The number of nitrogens with one attached hydrogen (secondary N) is 1. The van der Waals surface area contributed by atoms with Gasteiger partial charge in [-0.25, -0.2) is 4.98 Å². The first-order chi connectivity index (χ1) is 17.1. The van der Waals surface area contributed by atoms with Crippen molar-refractivity contribution in [1.82, 2.24) is 14.6 Å². The van der Waals surface area contributed by atoms with Crippen LogP contribution in [0.3, 0.4) is 0 Å². The van der Waals surface area contributed by atoms with Crippen molar-refractivity contribution < 1.29 is 17.9 Å². The molecule has 0 unspecified atom stereocenters. The molecule has 1 aromatic rings. The highest BCUT2D eigenvalue weighted by Gasteiger charge is 2.31. The molecule has 0 fully saturated rings. The molecule has 0 spiro atoms. The van der Waals surface area contributed by atoms with Gasteiger partial charge in [0, 0.05) is 37.2 Å². The van der Waals surface area contributed by atoms with Crippen molar-refractivity contribution in [3.05, 3.63) is 63.6 Å². The third kappa shape index (κ3) is 9.93. The minimum absolute atomic E-state index is 0.00234. The summed E-state index contributed by atoms with van der Waals surface area (Å²) < 4.78 is 44.8. The molecule has 2 aliphatic rings. The highest BCUT2D eigenvalue weighted by molar-refractivity contribution is 8.01. The molecule has 1 heterocycles. The molecule has 0 saturated heterocycles. The molecule has 0 radical (unpaired) electrons. The normalized spacial score (nSPS) is 18.7. The van der Waals surface area contributed by atoms with Crippen LogP contribution in [-0.4, -0.2) is 50.5 Å². The second-order valence-electron chi connectivity index (χ2n) is 8.76. The molecule has 1 N–H and O–H groups in total. The Morgan fingerprint density at radius 2 is 1.81 bits per heavy atom. The summed E-state index contributed by atoms with van der Waals surface area (Å²) in [5.41, 5.74) is 4.41. The van der Waals surface area contributed by atoms with Crippen LogP contribution in [0, 0.1) is 6.92 Å². The number of pyridine rings is 1. The van der Waals surface area contributed by atoms with E-state index in [2.05, 4.69) is 59.5 Å². The molecule has 2 aliphatic carbocycles. The molecule has 0 bridgehead atoms. The van der Waals surface area contributed by atoms with Crippen molar-refractivity contribution >= 4 is 23.8 Å². The maximum Gasteiger partial charge on any atom is 0.572 e. The van der Waals surface area contributed by atoms with Gasteiger partial charge in [0.1, 0.15) is 11.6 Å². The Morgan fingerprint density at radius 1 is 1.06 bits per heavy atom. The monoisotopic (exact) mass is 524 g/mol. The van der Waals surface area contributed by atoms with Gasteiger partial charge in [-0.2, -0.15) is 0 Å². The van der Waals surface area contributed by atoms with Gasteiger partial charge in [-0.15, -0.1) is 13.2 Å². The molecular formula is C27H39F3N4OS. The number of anilines is 1. The van der Waals surface area contributed by atoms with Crippen LogP contribution in [0.15, 0.2) is 46.7 Å². The van der Waals surface area contributed by atoms with Crippen molar-refractivity contribution in [1.29, 1.82) is 0 Å². The molecule has 0 atom stereocenters. The summed E-state index contributed by atoms with van der Waals surface area (Å²) >= 11 is 1.52. The lowest BCUT2D eigenvalue weighted by molar-refractivity contribution is -0.306. The van der Waals surface area contributed by atoms with Crippen molar-refractivity contribution in [3.63, 3.8) is 0 Å². The Bertz CT molecular complexity index is 984. The quantitative estimate of drug-likeness (QED) is 0.370. The van der Waals surface area contributed by atoms with E-state index in [0.29, 0.717) is 19.3 Å².